The van der Waals surface area contributed by atoms with E-state index in [0.717, 1.165) is 27.8 Å². The molecule has 0 aromatic heterocycles. The predicted octanol–water partition coefficient (Wildman–Crippen LogP) is 5.44. The van der Waals surface area contributed by atoms with Gasteiger partial charge in [-0.25, -0.2) is 0 Å². The third kappa shape index (κ3) is 5.38. The summed E-state index contributed by atoms with van der Waals surface area (Å²) in [6.45, 7) is 2.63. The van der Waals surface area contributed by atoms with Gasteiger partial charge in [0.25, 0.3) is 0 Å². The lowest BCUT2D eigenvalue weighted by Gasteiger charge is -2.44. The molecule has 0 bridgehead atoms. The van der Waals surface area contributed by atoms with Crippen LogP contribution in [0, 0.1) is 22.7 Å². The molecule has 2 atom stereocenters. The van der Waals surface area contributed by atoms with Gasteiger partial charge in [0.2, 0.25) is 0 Å². The van der Waals surface area contributed by atoms with Crippen LogP contribution in [0.15, 0.2) is 71.2 Å². The molecule has 0 amide bonds. The zero-order valence-electron chi connectivity index (χ0n) is 17.8. The zero-order valence-corrected chi connectivity index (χ0v) is 20.2. The molecule has 1 aliphatic rings. The van der Waals surface area contributed by atoms with E-state index in [0.29, 0.717) is 35.8 Å². The Labute approximate surface area is 207 Å². The number of nitriles is 2. The van der Waals surface area contributed by atoms with Crippen molar-refractivity contribution in [3.8, 4) is 12.1 Å². The van der Waals surface area contributed by atoms with E-state index >= 15 is 0 Å². The number of benzene rings is 3. The molecule has 0 spiro atoms. The third-order valence-electron chi connectivity index (χ3n) is 5.96. The number of aliphatic hydroxyl groups excluding tert-OH is 1. The number of aliphatic hydroxyl groups is 1. The Morgan fingerprint density at radius 3 is 2.39 bits per heavy atom. The van der Waals surface area contributed by atoms with E-state index in [1.165, 1.54) is 0 Å². The van der Waals surface area contributed by atoms with Crippen LogP contribution in [0.1, 0.15) is 34.4 Å². The van der Waals surface area contributed by atoms with Gasteiger partial charge in [-0.2, -0.15) is 10.5 Å². The quantitative estimate of drug-likeness (QED) is 0.484. The lowest BCUT2D eigenvalue weighted by atomic mass is 9.99. The topological polar surface area (TPSA) is 74.3 Å². The van der Waals surface area contributed by atoms with E-state index < -0.39 is 6.10 Å². The normalized spacial score (nSPS) is 17.2. The summed E-state index contributed by atoms with van der Waals surface area (Å²) in [6.07, 6.45) is -0.655. The number of hydrogen-bond acceptors (Lipinski definition) is 5. The van der Waals surface area contributed by atoms with Gasteiger partial charge in [0.1, 0.15) is 6.07 Å². The molecule has 1 heterocycles. The summed E-state index contributed by atoms with van der Waals surface area (Å²) < 4.78 is 0.870. The lowest BCUT2D eigenvalue weighted by molar-refractivity contribution is 0.100. The first-order valence-corrected chi connectivity index (χ1v) is 11.8. The second kappa shape index (κ2) is 10.4. The van der Waals surface area contributed by atoms with Gasteiger partial charge in [-0.05, 0) is 53.6 Å². The van der Waals surface area contributed by atoms with Crippen LogP contribution < -0.4 is 4.90 Å². The standard InChI is InChI=1S/C26H22BrClN4O/c27-22-7-10-24(21(13-22)15-30)32-12-11-31(16-25(32)19-5-8-23(28)9-6-19)17-26(33)20-3-1-18(14-29)2-4-20/h1-10,13,25-26,33H,11-12,16-17H2. The van der Waals surface area contributed by atoms with Crippen molar-refractivity contribution < 1.29 is 5.11 Å². The molecule has 3 aromatic rings. The van der Waals surface area contributed by atoms with Crippen LogP contribution in [0.4, 0.5) is 5.69 Å². The van der Waals surface area contributed by atoms with Gasteiger partial charge in [-0.3, -0.25) is 4.90 Å². The Morgan fingerprint density at radius 1 is 1.00 bits per heavy atom. The van der Waals surface area contributed by atoms with E-state index in [1.54, 1.807) is 24.3 Å². The minimum absolute atomic E-state index is 0.00235. The van der Waals surface area contributed by atoms with Crippen molar-refractivity contribution in [2.75, 3.05) is 31.1 Å². The van der Waals surface area contributed by atoms with Crippen LogP contribution >= 0.6 is 27.5 Å². The van der Waals surface area contributed by atoms with Crippen LogP contribution in [0.25, 0.3) is 0 Å². The predicted molar refractivity (Wildman–Crippen MR) is 133 cm³/mol. The van der Waals surface area contributed by atoms with E-state index in [4.69, 9.17) is 16.9 Å². The Balaban J connectivity index is 1.59. The molecule has 33 heavy (non-hydrogen) atoms. The van der Waals surface area contributed by atoms with Gasteiger partial charge in [0, 0.05) is 35.7 Å². The molecule has 1 saturated heterocycles. The van der Waals surface area contributed by atoms with Crippen LogP contribution in [-0.2, 0) is 0 Å². The number of rotatable bonds is 5. The summed E-state index contributed by atoms with van der Waals surface area (Å²) >= 11 is 9.59. The van der Waals surface area contributed by atoms with Crippen molar-refractivity contribution in [2.45, 2.75) is 12.1 Å². The number of halogens is 2. The smallest absolute Gasteiger partial charge is 0.101 e. The molecule has 0 aliphatic carbocycles. The maximum Gasteiger partial charge on any atom is 0.101 e. The van der Waals surface area contributed by atoms with Gasteiger partial charge >= 0.3 is 0 Å². The summed E-state index contributed by atoms with van der Waals surface area (Å²) in [5.74, 6) is 0. The van der Waals surface area contributed by atoms with Crippen molar-refractivity contribution in [3.63, 3.8) is 0 Å². The molecule has 7 heteroatoms. The average Bonchev–Trinajstić information content (AvgIpc) is 2.84. The molecule has 1 fully saturated rings. The minimum atomic E-state index is -0.655. The number of piperazine rings is 1. The molecule has 5 nitrogen and oxygen atoms in total. The highest BCUT2D eigenvalue weighted by Gasteiger charge is 2.31. The Bertz CT molecular complexity index is 1200. The third-order valence-corrected chi connectivity index (χ3v) is 6.71. The van der Waals surface area contributed by atoms with E-state index in [-0.39, 0.29) is 6.04 Å². The van der Waals surface area contributed by atoms with E-state index in [9.17, 15) is 10.4 Å². The maximum atomic E-state index is 10.8. The molecule has 4 rings (SSSR count). The summed E-state index contributed by atoms with van der Waals surface area (Å²) in [5.41, 5.74) is 3.98. The number of β-amino-alcohol motifs (C(OH)–C–C–N with tert-alkyl or cyclic N) is 1. The number of nitrogens with zero attached hydrogens (tertiary/aromatic N) is 4. The van der Waals surface area contributed by atoms with E-state index in [2.05, 4.69) is 37.9 Å². The molecule has 1 N–H and O–H groups in total. The average molecular weight is 522 g/mol. The summed E-state index contributed by atoms with van der Waals surface area (Å²) in [7, 11) is 0. The summed E-state index contributed by atoms with van der Waals surface area (Å²) in [5, 5.41) is 30.2. The summed E-state index contributed by atoms with van der Waals surface area (Å²) in [4.78, 5) is 4.50. The van der Waals surface area contributed by atoms with Crippen molar-refractivity contribution in [1.29, 1.82) is 10.5 Å². The highest BCUT2D eigenvalue weighted by Crippen LogP contribution is 2.35. The molecular weight excluding hydrogens is 500 g/mol. The first-order valence-electron chi connectivity index (χ1n) is 10.6. The van der Waals surface area contributed by atoms with Crippen LogP contribution in [0.5, 0.6) is 0 Å². The van der Waals surface area contributed by atoms with Gasteiger partial charge in [-0.1, -0.05) is 51.8 Å². The largest absolute Gasteiger partial charge is 0.387 e. The van der Waals surface area contributed by atoms with Gasteiger partial charge < -0.3 is 10.0 Å². The van der Waals surface area contributed by atoms with Crippen LogP contribution in [-0.4, -0.2) is 36.2 Å². The fourth-order valence-corrected chi connectivity index (χ4v) is 4.73. The summed E-state index contributed by atoms with van der Waals surface area (Å²) in [6, 6.07) is 25.1. The van der Waals surface area contributed by atoms with Crippen LogP contribution in [0.3, 0.4) is 0 Å². The molecule has 2 unspecified atom stereocenters. The molecule has 0 saturated carbocycles. The highest BCUT2D eigenvalue weighted by atomic mass is 79.9. The monoisotopic (exact) mass is 520 g/mol. The second-order valence-corrected chi connectivity index (χ2v) is 9.40. The van der Waals surface area contributed by atoms with Crippen molar-refractivity contribution >= 4 is 33.2 Å². The van der Waals surface area contributed by atoms with Crippen molar-refractivity contribution in [1.82, 2.24) is 4.90 Å². The highest BCUT2D eigenvalue weighted by molar-refractivity contribution is 9.10. The first kappa shape index (κ1) is 23.3. The molecule has 1 aliphatic heterocycles. The number of anilines is 1. The van der Waals surface area contributed by atoms with E-state index in [1.807, 2.05) is 42.5 Å². The molecular formula is C26H22BrClN4O. The van der Waals surface area contributed by atoms with Gasteiger partial charge in [0.15, 0.2) is 0 Å². The molecule has 3 aromatic carbocycles. The van der Waals surface area contributed by atoms with Gasteiger partial charge in [-0.15, -0.1) is 0 Å². The Morgan fingerprint density at radius 2 is 1.73 bits per heavy atom. The Hall–Kier alpha value is -2.87. The lowest BCUT2D eigenvalue weighted by Crippen LogP contribution is -2.49. The van der Waals surface area contributed by atoms with Gasteiger partial charge in [0.05, 0.1) is 35.0 Å². The molecule has 166 valence electrons. The fraction of sp³-hybridized carbons (Fsp3) is 0.231. The van der Waals surface area contributed by atoms with Crippen molar-refractivity contribution in [3.05, 3.63) is 98.5 Å². The molecule has 0 radical (unpaired) electrons. The second-order valence-electron chi connectivity index (χ2n) is 8.04. The minimum Gasteiger partial charge on any atom is -0.387 e. The maximum absolute atomic E-state index is 10.8. The SMILES string of the molecule is N#Cc1ccc(C(O)CN2CCN(c3ccc(Br)cc3C#N)C(c3ccc(Cl)cc3)C2)cc1. The number of hydrogen-bond donors (Lipinski definition) is 1. The Kier molecular flexibility index (Phi) is 7.33. The van der Waals surface area contributed by atoms with Crippen LogP contribution in [0.2, 0.25) is 5.02 Å². The first-order chi connectivity index (χ1) is 16.0. The zero-order chi connectivity index (χ0) is 23.4. The van der Waals surface area contributed by atoms with Crippen molar-refractivity contribution in [2.24, 2.45) is 0 Å². The fourth-order valence-electron chi connectivity index (χ4n) is 4.24.